The Morgan fingerprint density at radius 2 is 2.36 bits per heavy atom. The van der Waals surface area contributed by atoms with Gasteiger partial charge in [-0.05, 0) is 13.0 Å². The largest absolute Gasteiger partial charge is 0.480 e. The summed E-state index contributed by atoms with van der Waals surface area (Å²) in [5.74, 6) is -0.829. The molecule has 11 heavy (non-hydrogen) atoms. The second kappa shape index (κ2) is 4.54. The summed E-state index contributed by atoms with van der Waals surface area (Å²) in [4.78, 5) is 10.4. The Bertz CT molecular complexity index is 142. The van der Waals surface area contributed by atoms with Crippen LogP contribution in [0.4, 0.5) is 0 Å². The Labute approximate surface area is 71.3 Å². The zero-order valence-corrected chi connectivity index (χ0v) is 7.06. The second-order valence-corrected chi connectivity index (χ2v) is 2.33. The predicted octanol–water partition coefficient (Wildman–Crippen LogP) is -0.130. The van der Waals surface area contributed by atoms with Gasteiger partial charge in [-0.1, -0.05) is 0 Å². The van der Waals surface area contributed by atoms with Crippen molar-refractivity contribution >= 4 is 18.4 Å². The van der Waals surface area contributed by atoms with Crippen molar-refractivity contribution in [1.82, 2.24) is 5.32 Å². The maximum Gasteiger partial charge on any atom is 0.323 e. The molecule has 1 aliphatic heterocycles. The minimum Gasteiger partial charge on any atom is -0.480 e. The van der Waals surface area contributed by atoms with Crippen LogP contribution in [0.1, 0.15) is 6.42 Å². The van der Waals surface area contributed by atoms with Crippen molar-refractivity contribution in [3.05, 3.63) is 0 Å². The number of nitrogens with one attached hydrogen (secondary N) is 1. The molecule has 0 spiro atoms. The van der Waals surface area contributed by atoms with Crippen molar-refractivity contribution in [2.24, 2.45) is 0 Å². The summed E-state index contributed by atoms with van der Waals surface area (Å²) in [6.45, 7) is 0.732. The Morgan fingerprint density at radius 3 is 2.73 bits per heavy atom. The smallest absolute Gasteiger partial charge is 0.323 e. The van der Waals surface area contributed by atoms with E-state index in [1.165, 1.54) is 7.11 Å². The summed E-state index contributed by atoms with van der Waals surface area (Å²) in [6, 6.07) is -0.509. The first-order valence-electron chi connectivity index (χ1n) is 3.24. The van der Waals surface area contributed by atoms with E-state index in [1.807, 2.05) is 0 Å². The van der Waals surface area contributed by atoms with Crippen molar-refractivity contribution < 1.29 is 14.6 Å². The predicted molar refractivity (Wildman–Crippen MR) is 42.1 cm³/mol. The molecule has 2 N–H and O–H groups in total. The third-order valence-corrected chi connectivity index (χ3v) is 1.73. The molecule has 0 radical (unpaired) electrons. The lowest BCUT2D eigenvalue weighted by Gasteiger charge is -2.12. The molecule has 5 heteroatoms. The van der Waals surface area contributed by atoms with Crippen molar-refractivity contribution in [2.45, 2.75) is 18.6 Å². The number of methoxy groups -OCH3 is 1. The molecule has 0 aromatic carbocycles. The number of carbonyl (C=O) groups is 1. The molecule has 1 rings (SSSR count). The zero-order valence-electron chi connectivity index (χ0n) is 6.24. The Balaban J connectivity index is 0.000001000. The second-order valence-electron chi connectivity index (χ2n) is 2.33. The Hall–Kier alpha value is -0.320. The number of halogens is 1. The van der Waals surface area contributed by atoms with Crippen molar-refractivity contribution in [2.75, 3.05) is 13.7 Å². The molecule has 2 unspecified atom stereocenters. The van der Waals surface area contributed by atoms with Gasteiger partial charge >= 0.3 is 5.97 Å². The number of ether oxygens (including phenoxy) is 1. The standard InChI is InChI=1S/C6H11NO3.ClH/c1-10-4-2-3-7-5(4)6(8)9;/h4-5,7H,2-3H2,1H3,(H,8,9);1H. The SMILES string of the molecule is COC1CCNC1C(=O)O.Cl. The van der Waals surface area contributed by atoms with Gasteiger partial charge in [-0.15, -0.1) is 12.4 Å². The molecule has 0 aliphatic carbocycles. The Kier molecular flexibility index (Phi) is 4.40. The molecule has 0 aromatic rings. The first kappa shape index (κ1) is 10.7. The summed E-state index contributed by atoms with van der Waals surface area (Å²) < 4.78 is 4.94. The number of rotatable bonds is 2. The van der Waals surface area contributed by atoms with Crippen molar-refractivity contribution in [3.63, 3.8) is 0 Å². The van der Waals surface area contributed by atoms with Gasteiger partial charge in [0.25, 0.3) is 0 Å². The average molecular weight is 182 g/mol. The molecular formula is C6H12ClNO3. The highest BCUT2D eigenvalue weighted by Gasteiger charge is 2.32. The van der Waals surface area contributed by atoms with Gasteiger partial charge in [0.2, 0.25) is 0 Å². The van der Waals surface area contributed by atoms with Gasteiger partial charge in [0.1, 0.15) is 6.04 Å². The van der Waals surface area contributed by atoms with Gasteiger partial charge in [-0.3, -0.25) is 4.79 Å². The molecule has 1 aliphatic rings. The van der Waals surface area contributed by atoms with Gasteiger partial charge in [-0.2, -0.15) is 0 Å². The van der Waals surface area contributed by atoms with Gasteiger partial charge in [0, 0.05) is 7.11 Å². The number of hydrogen-bond acceptors (Lipinski definition) is 3. The fraction of sp³-hybridized carbons (Fsp3) is 0.833. The first-order valence-corrected chi connectivity index (χ1v) is 3.24. The fourth-order valence-corrected chi connectivity index (χ4v) is 1.18. The van der Waals surface area contributed by atoms with Crippen LogP contribution < -0.4 is 5.32 Å². The van der Waals surface area contributed by atoms with E-state index < -0.39 is 12.0 Å². The normalized spacial score (nSPS) is 29.5. The monoisotopic (exact) mass is 181 g/mol. The van der Waals surface area contributed by atoms with Gasteiger partial charge in [0.15, 0.2) is 0 Å². The van der Waals surface area contributed by atoms with Crippen LogP contribution in [0.5, 0.6) is 0 Å². The highest BCUT2D eigenvalue weighted by molar-refractivity contribution is 5.85. The Morgan fingerprint density at radius 1 is 1.73 bits per heavy atom. The van der Waals surface area contributed by atoms with E-state index in [-0.39, 0.29) is 18.5 Å². The number of aliphatic carboxylic acids is 1. The van der Waals surface area contributed by atoms with Crippen LogP contribution in [0.25, 0.3) is 0 Å². The number of carboxylic acid groups (broad SMARTS) is 1. The van der Waals surface area contributed by atoms with E-state index in [0.29, 0.717) is 0 Å². The quantitative estimate of drug-likeness (QED) is 0.623. The van der Waals surface area contributed by atoms with E-state index in [2.05, 4.69) is 5.32 Å². The number of hydrogen-bond donors (Lipinski definition) is 2. The summed E-state index contributed by atoms with van der Waals surface area (Å²) in [5.41, 5.74) is 0. The molecule has 1 saturated heterocycles. The lowest BCUT2D eigenvalue weighted by molar-refractivity contribution is -0.141. The molecule has 1 fully saturated rings. The van der Waals surface area contributed by atoms with Crippen LogP contribution in [0, 0.1) is 0 Å². The van der Waals surface area contributed by atoms with Crippen molar-refractivity contribution in [1.29, 1.82) is 0 Å². The summed E-state index contributed by atoms with van der Waals surface area (Å²) in [6.07, 6.45) is 0.630. The van der Waals surface area contributed by atoms with E-state index in [9.17, 15) is 4.79 Å². The lowest BCUT2D eigenvalue weighted by Crippen LogP contribution is -2.39. The van der Waals surface area contributed by atoms with Crippen LogP contribution >= 0.6 is 12.4 Å². The minimum absolute atomic E-state index is 0. The lowest BCUT2D eigenvalue weighted by atomic mass is 10.2. The maximum absolute atomic E-state index is 10.4. The average Bonchev–Trinajstić information content (AvgIpc) is 2.33. The van der Waals surface area contributed by atoms with E-state index in [1.54, 1.807) is 0 Å². The third kappa shape index (κ3) is 2.32. The first-order chi connectivity index (χ1) is 4.75. The van der Waals surface area contributed by atoms with Crippen LogP contribution in [0.2, 0.25) is 0 Å². The van der Waals surface area contributed by atoms with Gasteiger partial charge < -0.3 is 15.2 Å². The highest BCUT2D eigenvalue weighted by atomic mass is 35.5. The maximum atomic E-state index is 10.4. The van der Waals surface area contributed by atoms with Gasteiger partial charge in [0.05, 0.1) is 6.10 Å². The fourth-order valence-electron chi connectivity index (χ4n) is 1.18. The van der Waals surface area contributed by atoms with Crippen LogP contribution in [0.3, 0.4) is 0 Å². The topological polar surface area (TPSA) is 58.6 Å². The molecule has 0 bridgehead atoms. The zero-order chi connectivity index (χ0) is 7.56. The van der Waals surface area contributed by atoms with Crippen LogP contribution in [0.15, 0.2) is 0 Å². The molecule has 0 amide bonds. The summed E-state index contributed by atoms with van der Waals surface area (Å²) in [5, 5.41) is 11.4. The number of carboxylic acids is 1. The molecule has 4 nitrogen and oxygen atoms in total. The van der Waals surface area contributed by atoms with E-state index in [0.717, 1.165) is 13.0 Å². The van der Waals surface area contributed by atoms with Crippen LogP contribution in [-0.4, -0.2) is 36.9 Å². The third-order valence-electron chi connectivity index (χ3n) is 1.73. The molecule has 66 valence electrons. The summed E-state index contributed by atoms with van der Waals surface area (Å²) >= 11 is 0. The van der Waals surface area contributed by atoms with E-state index >= 15 is 0 Å². The van der Waals surface area contributed by atoms with Gasteiger partial charge in [-0.25, -0.2) is 0 Å². The van der Waals surface area contributed by atoms with Crippen molar-refractivity contribution in [3.8, 4) is 0 Å². The minimum atomic E-state index is -0.829. The molecule has 2 atom stereocenters. The van der Waals surface area contributed by atoms with Crippen LogP contribution in [-0.2, 0) is 9.53 Å². The molecular weight excluding hydrogens is 170 g/mol. The highest BCUT2D eigenvalue weighted by Crippen LogP contribution is 2.09. The molecule has 0 aromatic heterocycles. The summed E-state index contributed by atoms with van der Waals surface area (Å²) in [7, 11) is 1.54. The van der Waals surface area contributed by atoms with E-state index in [4.69, 9.17) is 9.84 Å². The molecule has 1 heterocycles. The molecule has 0 saturated carbocycles.